The lowest BCUT2D eigenvalue weighted by molar-refractivity contribution is -0.385. The van der Waals surface area contributed by atoms with Crippen LogP contribution in [0.25, 0.3) is 11.4 Å². The maximum Gasteiger partial charge on any atom is 0.508 e. The van der Waals surface area contributed by atoms with Crippen LogP contribution in [0.2, 0.25) is 0 Å². The molecule has 35 heavy (non-hydrogen) atoms. The second-order valence-corrected chi connectivity index (χ2v) is 7.49. The van der Waals surface area contributed by atoms with Gasteiger partial charge >= 0.3 is 17.7 Å². The lowest BCUT2D eigenvalue weighted by atomic mass is 10.1. The summed E-state index contributed by atoms with van der Waals surface area (Å²) in [6.45, 7) is 2.70. The van der Waals surface area contributed by atoms with Gasteiger partial charge in [-0.15, -0.1) is 0 Å². The molecule has 1 aromatic carbocycles. The fourth-order valence-corrected chi connectivity index (χ4v) is 3.55. The van der Waals surface area contributed by atoms with Gasteiger partial charge in [-0.1, -0.05) is 0 Å². The Labute approximate surface area is 199 Å². The minimum absolute atomic E-state index is 0.0451. The van der Waals surface area contributed by atoms with Crippen LogP contribution in [0.4, 0.5) is 16.3 Å². The summed E-state index contributed by atoms with van der Waals surface area (Å²) in [5, 5.41) is 21.2. The summed E-state index contributed by atoms with van der Waals surface area (Å²) in [6.07, 6.45) is 3.65. The Kier molecular flexibility index (Phi) is 7.14. The van der Waals surface area contributed by atoms with Gasteiger partial charge in [0.25, 0.3) is 0 Å². The highest BCUT2D eigenvalue weighted by atomic mass is 16.7. The smallest absolute Gasteiger partial charge is 0.505 e. The van der Waals surface area contributed by atoms with Gasteiger partial charge in [0, 0.05) is 31.5 Å². The number of nitro groups is 1. The average Bonchev–Trinajstić information content (AvgIpc) is 2.85. The third-order valence-corrected chi connectivity index (χ3v) is 5.18. The highest BCUT2D eigenvalue weighted by Gasteiger charge is 2.32. The number of ether oxygens (including phenoxy) is 3. The predicted octanol–water partition coefficient (Wildman–Crippen LogP) is 3.48. The van der Waals surface area contributed by atoms with Gasteiger partial charge in [0.1, 0.15) is 18.2 Å². The Morgan fingerprint density at radius 1 is 1.14 bits per heavy atom. The fourth-order valence-electron chi connectivity index (χ4n) is 3.55. The molecule has 1 fully saturated rings. The molecule has 3 heterocycles. The number of benzene rings is 1. The number of piperidine rings is 1. The number of aromatic hydroxyl groups is 1. The molecule has 13 nitrogen and oxygen atoms in total. The lowest BCUT2D eigenvalue weighted by Crippen LogP contribution is -2.38. The average molecular weight is 482 g/mol. The molecule has 1 aliphatic heterocycles. The minimum atomic E-state index is -0.724. The van der Waals surface area contributed by atoms with Crippen LogP contribution < -0.4 is 9.64 Å². The summed E-state index contributed by atoms with van der Waals surface area (Å²) in [4.78, 5) is 40.8. The zero-order chi connectivity index (χ0) is 24.8. The van der Waals surface area contributed by atoms with E-state index in [2.05, 4.69) is 19.9 Å². The Hall–Kier alpha value is -4.55. The highest BCUT2D eigenvalue weighted by Crippen LogP contribution is 2.37. The Morgan fingerprint density at radius 2 is 1.83 bits per heavy atom. The van der Waals surface area contributed by atoms with Gasteiger partial charge in [0.05, 0.1) is 23.9 Å². The van der Waals surface area contributed by atoms with Crippen LogP contribution in [0.15, 0.2) is 43.0 Å². The van der Waals surface area contributed by atoms with Crippen LogP contribution in [-0.2, 0) is 9.47 Å². The number of carbonyl (C=O) groups is 1. The third-order valence-electron chi connectivity index (χ3n) is 5.18. The van der Waals surface area contributed by atoms with Crippen LogP contribution in [0.5, 0.6) is 17.4 Å². The largest absolute Gasteiger partial charge is 0.508 e. The summed E-state index contributed by atoms with van der Waals surface area (Å²) in [5.41, 5.74) is 0.311. The zero-order valence-electron chi connectivity index (χ0n) is 18.7. The number of carbonyl (C=O) groups excluding carboxylic acids is 1. The van der Waals surface area contributed by atoms with Crippen molar-refractivity contribution in [2.75, 3.05) is 24.6 Å². The molecule has 0 aliphatic carbocycles. The van der Waals surface area contributed by atoms with E-state index in [0.29, 0.717) is 43.1 Å². The lowest BCUT2D eigenvalue weighted by Gasteiger charge is -2.31. The first kappa shape index (κ1) is 23.6. The molecule has 3 aromatic rings. The summed E-state index contributed by atoms with van der Waals surface area (Å²) in [6, 6.07) is 6.58. The molecule has 1 N–H and O–H groups in total. The number of nitrogens with zero attached hydrogens (tertiary/aromatic N) is 6. The standard InChI is InChI=1S/C22H22N6O7/c1-2-33-22(30)35-17-7-9-27(10-8-17)20-18(28(31)32)21(26-13-25-20)34-16-5-3-14(4-6-16)19-23-11-15(29)12-24-19/h3-6,11-13,17,29H,2,7-10H2,1H3. The summed E-state index contributed by atoms with van der Waals surface area (Å²) >= 11 is 0. The number of rotatable bonds is 7. The van der Waals surface area contributed by atoms with E-state index in [1.165, 1.54) is 18.7 Å². The quantitative estimate of drug-likeness (QED) is 0.297. The van der Waals surface area contributed by atoms with Gasteiger partial charge < -0.3 is 24.2 Å². The zero-order valence-corrected chi connectivity index (χ0v) is 18.7. The Bertz CT molecular complexity index is 1180. The molecule has 0 saturated carbocycles. The molecule has 0 amide bonds. The van der Waals surface area contributed by atoms with Crippen molar-refractivity contribution in [2.45, 2.75) is 25.9 Å². The van der Waals surface area contributed by atoms with E-state index in [9.17, 15) is 20.0 Å². The van der Waals surface area contributed by atoms with Gasteiger partial charge in [-0.2, -0.15) is 4.98 Å². The molecular formula is C22H22N6O7. The second kappa shape index (κ2) is 10.6. The molecule has 0 spiro atoms. The van der Waals surface area contributed by atoms with Crippen molar-refractivity contribution in [3.8, 4) is 28.8 Å². The molecular weight excluding hydrogens is 460 g/mol. The van der Waals surface area contributed by atoms with E-state index in [1.807, 2.05) is 0 Å². The van der Waals surface area contributed by atoms with Gasteiger partial charge in [-0.05, 0) is 31.2 Å². The molecule has 13 heteroatoms. The van der Waals surface area contributed by atoms with E-state index in [4.69, 9.17) is 14.2 Å². The second-order valence-electron chi connectivity index (χ2n) is 7.49. The molecule has 2 aromatic heterocycles. The number of hydrogen-bond donors (Lipinski definition) is 1. The van der Waals surface area contributed by atoms with Gasteiger partial charge in [0.15, 0.2) is 11.6 Å². The van der Waals surface area contributed by atoms with Crippen molar-refractivity contribution in [3.63, 3.8) is 0 Å². The molecule has 4 rings (SSSR count). The van der Waals surface area contributed by atoms with E-state index in [-0.39, 0.29) is 35.8 Å². The Balaban J connectivity index is 1.48. The van der Waals surface area contributed by atoms with Crippen LogP contribution >= 0.6 is 0 Å². The van der Waals surface area contributed by atoms with Crippen LogP contribution in [0, 0.1) is 10.1 Å². The van der Waals surface area contributed by atoms with Crippen molar-refractivity contribution >= 4 is 17.7 Å². The maximum absolute atomic E-state index is 11.9. The van der Waals surface area contributed by atoms with Gasteiger partial charge in [0.2, 0.25) is 5.82 Å². The van der Waals surface area contributed by atoms with Crippen molar-refractivity contribution < 1.29 is 29.0 Å². The summed E-state index contributed by atoms with van der Waals surface area (Å²) < 4.78 is 15.8. The molecule has 1 saturated heterocycles. The van der Waals surface area contributed by atoms with Crippen molar-refractivity contribution in [3.05, 3.63) is 53.1 Å². The highest BCUT2D eigenvalue weighted by molar-refractivity contribution is 5.64. The van der Waals surface area contributed by atoms with Crippen LogP contribution in [0.3, 0.4) is 0 Å². The topological polar surface area (TPSA) is 163 Å². The summed E-state index contributed by atoms with van der Waals surface area (Å²) in [7, 11) is 0. The van der Waals surface area contributed by atoms with Gasteiger partial charge in [-0.3, -0.25) is 10.1 Å². The van der Waals surface area contributed by atoms with Crippen molar-refractivity contribution in [1.29, 1.82) is 0 Å². The molecule has 0 atom stereocenters. The fraction of sp³-hybridized carbons (Fsp3) is 0.318. The molecule has 0 radical (unpaired) electrons. The predicted molar refractivity (Wildman–Crippen MR) is 121 cm³/mol. The van der Waals surface area contributed by atoms with E-state index in [1.54, 1.807) is 36.1 Å². The maximum atomic E-state index is 11.9. The molecule has 0 unspecified atom stereocenters. The van der Waals surface area contributed by atoms with E-state index in [0.717, 1.165) is 0 Å². The van der Waals surface area contributed by atoms with Crippen molar-refractivity contribution in [2.24, 2.45) is 0 Å². The van der Waals surface area contributed by atoms with Gasteiger partial charge in [-0.25, -0.2) is 19.7 Å². The van der Waals surface area contributed by atoms with E-state index < -0.39 is 11.1 Å². The first-order chi connectivity index (χ1) is 16.9. The monoisotopic (exact) mass is 482 g/mol. The van der Waals surface area contributed by atoms with Crippen molar-refractivity contribution in [1.82, 2.24) is 19.9 Å². The minimum Gasteiger partial charge on any atom is -0.505 e. The number of aromatic nitrogens is 4. The normalized spacial score (nSPS) is 13.8. The molecule has 0 bridgehead atoms. The number of anilines is 1. The SMILES string of the molecule is CCOC(=O)OC1CCN(c2ncnc(Oc3ccc(-c4ncc(O)cn4)cc3)c2[N+](=O)[O-])CC1. The Morgan fingerprint density at radius 3 is 2.46 bits per heavy atom. The number of hydrogen-bond acceptors (Lipinski definition) is 12. The summed E-state index contributed by atoms with van der Waals surface area (Å²) in [5.74, 6) is 0.611. The first-order valence-corrected chi connectivity index (χ1v) is 10.8. The molecule has 1 aliphatic rings. The van der Waals surface area contributed by atoms with E-state index >= 15 is 0 Å². The molecule has 182 valence electrons. The van der Waals surface area contributed by atoms with Crippen LogP contribution in [0.1, 0.15) is 19.8 Å². The first-order valence-electron chi connectivity index (χ1n) is 10.8. The third kappa shape index (κ3) is 5.69. The van der Waals surface area contributed by atoms with Crippen LogP contribution in [-0.4, -0.2) is 61.9 Å².